The van der Waals surface area contributed by atoms with Crippen LogP contribution in [-0.2, 0) is 19.6 Å². The van der Waals surface area contributed by atoms with E-state index in [1.165, 1.54) is 24.1 Å². The molecule has 1 N–H and O–H groups in total. The van der Waals surface area contributed by atoms with Crippen LogP contribution in [0.15, 0.2) is 29.2 Å². The van der Waals surface area contributed by atoms with Gasteiger partial charge in [0, 0.05) is 18.2 Å². The average Bonchev–Trinajstić information content (AvgIpc) is 3.19. The molecule has 1 aromatic rings. The number of amides is 1. The summed E-state index contributed by atoms with van der Waals surface area (Å²) in [6.07, 6.45) is 5.94. The molecule has 1 saturated carbocycles. The Morgan fingerprint density at radius 2 is 1.81 bits per heavy atom. The first-order chi connectivity index (χ1) is 12.9. The molecule has 0 radical (unpaired) electrons. The second-order valence-corrected chi connectivity index (χ2v) is 8.88. The fourth-order valence-electron chi connectivity index (χ4n) is 3.85. The van der Waals surface area contributed by atoms with Gasteiger partial charge in [-0.15, -0.1) is 0 Å². The molecule has 1 aliphatic heterocycles. The largest absolute Gasteiger partial charge is 0.467 e. The Kier molecular flexibility index (Phi) is 6.16. The van der Waals surface area contributed by atoms with Gasteiger partial charge in [-0.05, 0) is 50.3 Å². The second-order valence-electron chi connectivity index (χ2n) is 7.16. The summed E-state index contributed by atoms with van der Waals surface area (Å²) in [5.41, 5.74) is 0.264. The zero-order chi connectivity index (χ0) is 19.4. The Balaban J connectivity index is 1.81. The van der Waals surface area contributed by atoms with E-state index in [2.05, 4.69) is 4.72 Å². The topological polar surface area (TPSA) is 92.8 Å². The third-order valence-corrected chi connectivity index (χ3v) is 6.82. The summed E-state index contributed by atoms with van der Waals surface area (Å²) in [4.78, 5) is 26.5. The van der Waals surface area contributed by atoms with Gasteiger partial charge in [0.25, 0.3) is 5.91 Å². The summed E-state index contributed by atoms with van der Waals surface area (Å²) in [5.74, 6) is -0.780. The number of likely N-dealkylation sites (tertiary alicyclic amines) is 1. The molecule has 8 heteroatoms. The molecule has 27 heavy (non-hydrogen) atoms. The van der Waals surface area contributed by atoms with E-state index in [9.17, 15) is 18.0 Å². The van der Waals surface area contributed by atoms with Crippen molar-refractivity contribution >= 4 is 21.9 Å². The number of rotatable bonds is 5. The zero-order valence-corrected chi connectivity index (χ0v) is 16.3. The minimum absolute atomic E-state index is 0.0415. The number of carbonyl (C=O) groups excluding carboxylic acids is 2. The van der Waals surface area contributed by atoms with Gasteiger partial charge in [-0.25, -0.2) is 17.9 Å². The molecule has 1 aliphatic carbocycles. The maximum absolute atomic E-state index is 13.0. The third kappa shape index (κ3) is 4.50. The van der Waals surface area contributed by atoms with E-state index >= 15 is 0 Å². The number of piperidine rings is 1. The van der Waals surface area contributed by atoms with Crippen LogP contribution in [0, 0.1) is 0 Å². The number of carbonyl (C=O) groups is 2. The third-order valence-electron chi connectivity index (χ3n) is 5.31. The number of benzene rings is 1. The van der Waals surface area contributed by atoms with Gasteiger partial charge < -0.3 is 9.64 Å². The van der Waals surface area contributed by atoms with Crippen molar-refractivity contribution in [1.82, 2.24) is 9.62 Å². The number of methoxy groups -OCH3 is 1. The van der Waals surface area contributed by atoms with Gasteiger partial charge >= 0.3 is 5.97 Å². The molecule has 7 nitrogen and oxygen atoms in total. The lowest BCUT2D eigenvalue weighted by Crippen LogP contribution is -2.48. The molecule has 0 bridgehead atoms. The maximum atomic E-state index is 13.0. The molecule has 0 unspecified atom stereocenters. The predicted octanol–water partition coefficient (Wildman–Crippen LogP) is 2.08. The number of ether oxygens (including phenoxy) is 1. The summed E-state index contributed by atoms with van der Waals surface area (Å²) >= 11 is 0. The number of esters is 1. The van der Waals surface area contributed by atoms with Crippen LogP contribution in [0.4, 0.5) is 0 Å². The van der Waals surface area contributed by atoms with Crippen LogP contribution in [0.3, 0.4) is 0 Å². The molecule has 1 heterocycles. The minimum atomic E-state index is -3.68. The highest BCUT2D eigenvalue weighted by atomic mass is 32.2. The summed E-state index contributed by atoms with van der Waals surface area (Å²) in [5, 5.41) is 0. The minimum Gasteiger partial charge on any atom is -0.467 e. The highest BCUT2D eigenvalue weighted by Crippen LogP contribution is 2.23. The predicted molar refractivity (Wildman–Crippen MR) is 99.7 cm³/mol. The van der Waals surface area contributed by atoms with Crippen LogP contribution < -0.4 is 4.72 Å². The fraction of sp³-hybridized carbons (Fsp3) is 0.579. The molecule has 1 atom stereocenters. The Bertz CT molecular complexity index is 802. The zero-order valence-electron chi connectivity index (χ0n) is 15.5. The van der Waals surface area contributed by atoms with E-state index in [0.717, 1.165) is 38.5 Å². The van der Waals surface area contributed by atoms with Crippen molar-refractivity contribution in [2.75, 3.05) is 13.7 Å². The van der Waals surface area contributed by atoms with Gasteiger partial charge in [0.1, 0.15) is 6.04 Å². The van der Waals surface area contributed by atoms with Gasteiger partial charge in [-0.2, -0.15) is 0 Å². The van der Waals surface area contributed by atoms with E-state index in [1.54, 1.807) is 12.1 Å². The molecule has 0 aromatic heterocycles. The van der Waals surface area contributed by atoms with Crippen molar-refractivity contribution in [2.24, 2.45) is 0 Å². The quantitative estimate of drug-likeness (QED) is 0.772. The van der Waals surface area contributed by atoms with Crippen LogP contribution >= 0.6 is 0 Å². The first kappa shape index (κ1) is 19.8. The molecular formula is C19H26N2O5S. The van der Waals surface area contributed by atoms with Gasteiger partial charge in [0.05, 0.1) is 12.0 Å². The number of nitrogens with one attached hydrogen (secondary N) is 1. The summed E-state index contributed by atoms with van der Waals surface area (Å²) < 4.78 is 32.8. The normalized spacial score (nSPS) is 21.2. The van der Waals surface area contributed by atoms with Crippen molar-refractivity contribution in [2.45, 2.75) is 61.9 Å². The molecule has 3 rings (SSSR count). The first-order valence-electron chi connectivity index (χ1n) is 9.43. The number of hydrogen-bond acceptors (Lipinski definition) is 5. The molecule has 2 fully saturated rings. The van der Waals surface area contributed by atoms with E-state index in [1.807, 2.05) is 0 Å². The number of hydrogen-bond donors (Lipinski definition) is 1. The fourth-order valence-corrected chi connectivity index (χ4v) is 5.20. The van der Waals surface area contributed by atoms with Gasteiger partial charge in [0.2, 0.25) is 10.0 Å². The van der Waals surface area contributed by atoms with E-state index in [0.29, 0.717) is 13.0 Å². The Hall–Kier alpha value is -1.93. The Morgan fingerprint density at radius 3 is 2.52 bits per heavy atom. The lowest BCUT2D eigenvalue weighted by molar-refractivity contribution is -0.147. The maximum Gasteiger partial charge on any atom is 0.328 e. The first-order valence-corrected chi connectivity index (χ1v) is 10.9. The smallest absolute Gasteiger partial charge is 0.328 e. The molecule has 2 aliphatic rings. The van der Waals surface area contributed by atoms with Crippen LogP contribution in [0.1, 0.15) is 55.3 Å². The average molecular weight is 394 g/mol. The van der Waals surface area contributed by atoms with Gasteiger partial charge in [-0.1, -0.05) is 18.9 Å². The van der Waals surface area contributed by atoms with Crippen molar-refractivity contribution in [3.63, 3.8) is 0 Å². The highest BCUT2D eigenvalue weighted by Gasteiger charge is 2.33. The van der Waals surface area contributed by atoms with Crippen molar-refractivity contribution in [3.8, 4) is 0 Å². The van der Waals surface area contributed by atoms with Crippen LogP contribution in [0.5, 0.6) is 0 Å². The molecular weight excluding hydrogens is 368 g/mol. The monoisotopic (exact) mass is 394 g/mol. The standard InChI is InChI=1S/C19H26N2O5S/c1-26-19(23)17-11-4-5-12-21(17)18(22)14-7-6-10-16(13-14)27(24,25)20-15-8-2-3-9-15/h6-7,10,13,15,17,20H,2-5,8-9,11-12H2,1H3/t17-/m1/s1. The van der Waals surface area contributed by atoms with Gasteiger partial charge in [0.15, 0.2) is 0 Å². The lowest BCUT2D eigenvalue weighted by atomic mass is 10.0. The molecule has 1 aromatic carbocycles. The molecule has 1 amide bonds. The number of sulfonamides is 1. The summed E-state index contributed by atoms with van der Waals surface area (Å²) in [7, 11) is -2.37. The summed E-state index contributed by atoms with van der Waals surface area (Å²) in [6.45, 7) is 0.454. The number of nitrogens with zero attached hydrogens (tertiary/aromatic N) is 1. The second kappa shape index (κ2) is 8.39. The summed E-state index contributed by atoms with van der Waals surface area (Å²) in [6, 6.07) is 5.37. The molecule has 148 valence electrons. The van der Waals surface area contributed by atoms with E-state index < -0.39 is 22.0 Å². The Morgan fingerprint density at radius 1 is 1.11 bits per heavy atom. The Labute approximate surface area is 160 Å². The van der Waals surface area contributed by atoms with E-state index in [4.69, 9.17) is 4.74 Å². The van der Waals surface area contributed by atoms with Crippen LogP contribution in [-0.4, -0.2) is 50.9 Å². The highest BCUT2D eigenvalue weighted by molar-refractivity contribution is 7.89. The van der Waals surface area contributed by atoms with Crippen LogP contribution in [0.25, 0.3) is 0 Å². The van der Waals surface area contributed by atoms with Gasteiger partial charge in [-0.3, -0.25) is 4.79 Å². The van der Waals surface area contributed by atoms with Crippen molar-refractivity contribution < 1.29 is 22.7 Å². The SMILES string of the molecule is COC(=O)[C@H]1CCCCN1C(=O)c1cccc(S(=O)(=O)NC2CCCC2)c1. The molecule has 0 spiro atoms. The van der Waals surface area contributed by atoms with Crippen LogP contribution in [0.2, 0.25) is 0 Å². The van der Waals surface area contributed by atoms with E-state index in [-0.39, 0.29) is 22.4 Å². The lowest BCUT2D eigenvalue weighted by Gasteiger charge is -2.33. The van der Waals surface area contributed by atoms with Crippen molar-refractivity contribution in [3.05, 3.63) is 29.8 Å². The van der Waals surface area contributed by atoms with Crippen molar-refractivity contribution in [1.29, 1.82) is 0 Å². The molecule has 1 saturated heterocycles.